The van der Waals surface area contributed by atoms with E-state index in [9.17, 15) is 0 Å². The van der Waals surface area contributed by atoms with Crippen LogP contribution in [0.4, 0.5) is 0 Å². The van der Waals surface area contributed by atoms with Crippen molar-refractivity contribution in [2.75, 3.05) is 26.8 Å². The Morgan fingerprint density at radius 1 is 1.43 bits per heavy atom. The Bertz CT molecular complexity index is 439. The second-order valence-corrected chi connectivity index (χ2v) is 5.79. The van der Waals surface area contributed by atoms with Crippen LogP contribution >= 0.6 is 0 Å². The molecule has 1 fully saturated rings. The van der Waals surface area contributed by atoms with E-state index >= 15 is 0 Å². The minimum Gasteiger partial charge on any atom is -0.496 e. The molecule has 2 N–H and O–H groups in total. The Kier molecular flexibility index (Phi) is 6.03. The summed E-state index contributed by atoms with van der Waals surface area (Å²) in [7, 11) is 1.72. The van der Waals surface area contributed by atoms with E-state index in [-0.39, 0.29) is 18.2 Å². The zero-order valence-electron chi connectivity index (χ0n) is 13.4. The molecule has 0 spiro atoms. The number of para-hydroxylation sites is 1. The van der Waals surface area contributed by atoms with Crippen LogP contribution in [0.15, 0.2) is 24.3 Å². The minimum atomic E-state index is 0.0894. The van der Waals surface area contributed by atoms with E-state index in [2.05, 4.69) is 30.9 Å². The van der Waals surface area contributed by atoms with E-state index in [1.807, 2.05) is 12.1 Å². The highest BCUT2D eigenvalue weighted by Crippen LogP contribution is 2.33. The van der Waals surface area contributed by atoms with E-state index in [0.717, 1.165) is 38.3 Å². The van der Waals surface area contributed by atoms with Gasteiger partial charge >= 0.3 is 0 Å². The lowest BCUT2D eigenvalue weighted by atomic mass is 9.95. The smallest absolute Gasteiger partial charge is 0.123 e. The van der Waals surface area contributed by atoms with E-state index in [0.29, 0.717) is 0 Å². The second-order valence-electron chi connectivity index (χ2n) is 5.79. The van der Waals surface area contributed by atoms with Gasteiger partial charge in [0, 0.05) is 31.3 Å². The molecule has 3 atom stereocenters. The summed E-state index contributed by atoms with van der Waals surface area (Å²) in [6.45, 7) is 7.04. The molecular formula is C17H28N2O2. The first-order valence-corrected chi connectivity index (χ1v) is 7.91. The van der Waals surface area contributed by atoms with Crippen molar-refractivity contribution in [1.29, 1.82) is 0 Å². The van der Waals surface area contributed by atoms with Gasteiger partial charge in [-0.1, -0.05) is 25.1 Å². The van der Waals surface area contributed by atoms with Gasteiger partial charge in [-0.05, 0) is 25.8 Å². The third kappa shape index (κ3) is 3.96. The Morgan fingerprint density at radius 2 is 2.19 bits per heavy atom. The highest BCUT2D eigenvalue weighted by Gasteiger charge is 2.30. The molecule has 1 aromatic carbocycles. The predicted molar refractivity (Wildman–Crippen MR) is 85.6 cm³/mol. The molecule has 21 heavy (non-hydrogen) atoms. The summed E-state index contributed by atoms with van der Waals surface area (Å²) in [6, 6.07) is 8.48. The number of hydrogen-bond donors (Lipinski definition) is 1. The maximum Gasteiger partial charge on any atom is 0.123 e. The molecule has 1 saturated heterocycles. The fraction of sp³-hybridized carbons (Fsp3) is 0.647. The highest BCUT2D eigenvalue weighted by molar-refractivity contribution is 5.37. The quantitative estimate of drug-likeness (QED) is 0.906. The summed E-state index contributed by atoms with van der Waals surface area (Å²) in [5.74, 6) is 0.921. The minimum absolute atomic E-state index is 0.0894. The van der Waals surface area contributed by atoms with E-state index in [4.69, 9.17) is 15.2 Å². The summed E-state index contributed by atoms with van der Waals surface area (Å²) in [4.78, 5) is 2.46. The molecule has 1 aliphatic heterocycles. The summed E-state index contributed by atoms with van der Waals surface area (Å²) in [5.41, 5.74) is 7.65. The summed E-state index contributed by atoms with van der Waals surface area (Å²) >= 11 is 0. The van der Waals surface area contributed by atoms with Crippen molar-refractivity contribution in [3.63, 3.8) is 0 Å². The van der Waals surface area contributed by atoms with Crippen LogP contribution in [-0.2, 0) is 4.74 Å². The van der Waals surface area contributed by atoms with Crippen molar-refractivity contribution in [1.82, 2.24) is 4.90 Å². The number of methoxy groups -OCH3 is 1. The molecule has 0 amide bonds. The lowest BCUT2D eigenvalue weighted by Gasteiger charge is -2.36. The molecule has 1 aliphatic rings. The van der Waals surface area contributed by atoms with Gasteiger partial charge in [-0.15, -0.1) is 0 Å². The third-order valence-corrected chi connectivity index (χ3v) is 4.21. The molecule has 3 unspecified atom stereocenters. The van der Waals surface area contributed by atoms with Crippen molar-refractivity contribution in [3.05, 3.63) is 29.8 Å². The molecule has 4 nitrogen and oxygen atoms in total. The lowest BCUT2D eigenvalue weighted by Crippen LogP contribution is -2.43. The topological polar surface area (TPSA) is 47.7 Å². The average Bonchev–Trinajstić information content (AvgIpc) is 2.72. The van der Waals surface area contributed by atoms with Crippen molar-refractivity contribution in [2.24, 2.45) is 5.73 Å². The molecule has 1 heterocycles. The number of hydrogen-bond acceptors (Lipinski definition) is 4. The highest BCUT2D eigenvalue weighted by atomic mass is 16.5. The van der Waals surface area contributed by atoms with Gasteiger partial charge in [-0.25, -0.2) is 0 Å². The molecule has 1 aromatic rings. The molecule has 0 bridgehead atoms. The third-order valence-electron chi connectivity index (χ3n) is 4.21. The number of nitrogens with zero attached hydrogens (tertiary/aromatic N) is 1. The van der Waals surface area contributed by atoms with Crippen LogP contribution in [0.3, 0.4) is 0 Å². The monoisotopic (exact) mass is 292 g/mol. The first-order valence-electron chi connectivity index (χ1n) is 7.91. The normalized spacial score (nSPS) is 23.3. The maximum absolute atomic E-state index is 6.46. The van der Waals surface area contributed by atoms with Gasteiger partial charge in [-0.3, -0.25) is 4.90 Å². The number of benzene rings is 1. The van der Waals surface area contributed by atoms with Gasteiger partial charge in [0.2, 0.25) is 0 Å². The molecule has 0 radical (unpaired) electrons. The van der Waals surface area contributed by atoms with Crippen LogP contribution in [0.2, 0.25) is 0 Å². The van der Waals surface area contributed by atoms with Gasteiger partial charge in [0.15, 0.2) is 0 Å². The standard InChI is InChI=1S/C17H28N2O2/c1-4-15(18)17(14-8-5-6-9-16(14)20-3)19-10-7-11-21-13(2)12-19/h5-6,8-9,13,15,17H,4,7,10-12,18H2,1-3H3. The Labute approximate surface area is 128 Å². The molecular weight excluding hydrogens is 264 g/mol. The van der Waals surface area contributed by atoms with E-state index in [1.165, 1.54) is 5.56 Å². The van der Waals surface area contributed by atoms with Crippen LogP contribution in [0.5, 0.6) is 5.75 Å². The largest absolute Gasteiger partial charge is 0.496 e. The van der Waals surface area contributed by atoms with Crippen molar-refractivity contribution in [2.45, 2.75) is 44.9 Å². The van der Waals surface area contributed by atoms with Crippen LogP contribution < -0.4 is 10.5 Å². The number of ether oxygens (including phenoxy) is 2. The van der Waals surface area contributed by atoms with Crippen LogP contribution in [0.1, 0.15) is 38.3 Å². The molecule has 2 rings (SSSR count). The van der Waals surface area contributed by atoms with Gasteiger partial charge < -0.3 is 15.2 Å². The Balaban J connectivity index is 2.33. The zero-order chi connectivity index (χ0) is 15.2. The fourth-order valence-corrected chi connectivity index (χ4v) is 3.11. The second kappa shape index (κ2) is 7.78. The summed E-state index contributed by atoms with van der Waals surface area (Å²) < 4.78 is 11.3. The first kappa shape index (κ1) is 16.3. The van der Waals surface area contributed by atoms with Gasteiger partial charge in [0.05, 0.1) is 19.3 Å². The predicted octanol–water partition coefficient (Wildman–Crippen LogP) is 2.58. The van der Waals surface area contributed by atoms with Crippen LogP contribution in [0.25, 0.3) is 0 Å². The molecule has 118 valence electrons. The van der Waals surface area contributed by atoms with Crippen molar-refractivity contribution < 1.29 is 9.47 Å². The average molecular weight is 292 g/mol. The lowest BCUT2D eigenvalue weighted by molar-refractivity contribution is 0.0572. The molecule has 0 aliphatic carbocycles. The fourth-order valence-electron chi connectivity index (χ4n) is 3.11. The molecule has 4 heteroatoms. The summed E-state index contributed by atoms with van der Waals surface area (Å²) in [5, 5.41) is 0. The van der Waals surface area contributed by atoms with E-state index in [1.54, 1.807) is 7.11 Å². The Morgan fingerprint density at radius 3 is 2.90 bits per heavy atom. The number of nitrogens with two attached hydrogens (primary N) is 1. The van der Waals surface area contributed by atoms with Gasteiger partial charge in [0.25, 0.3) is 0 Å². The maximum atomic E-state index is 6.46. The zero-order valence-corrected chi connectivity index (χ0v) is 13.4. The summed E-state index contributed by atoms with van der Waals surface area (Å²) in [6.07, 6.45) is 2.23. The molecule has 0 saturated carbocycles. The number of rotatable bonds is 5. The van der Waals surface area contributed by atoms with Crippen LogP contribution in [0, 0.1) is 0 Å². The SMILES string of the molecule is CCC(N)C(c1ccccc1OC)N1CCCOC(C)C1. The Hall–Kier alpha value is -1.10. The van der Waals surface area contributed by atoms with Crippen LogP contribution in [-0.4, -0.2) is 43.9 Å². The first-order chi connectivity index (χ1) is 10.2. The van der Waals surface area contributed by atoms with Crippen molar-refractivity contribution >= 4 is 0 Å². The van der Waals surface area contributed by atoms with Crippen molar-refractivity contribution in [3.8, 4) is 5.75 Å². The van der Waals surface area contributed by atoms with E-state index < -0.39 is 0 Å². The van der Waals surface area contributed by atoms with Gasteiger partial charge in [0.1, 0.15) is 5.75 Å². The van der Waals surface area contributed by atoms with Gasteiger partial charge in [-0.2, -0.15) is 0 Å². The molecule has 0 aromatic heterocycles.